The number of carbonyl (C=O) groups excluding carboxylic acids is 2. The highest BCUT2D eigenvalue weighted by Gasteiger charge is 2.44. The number of imide groups is 1. The van der Waals surface area contributed by atoms with Gasteiger partial charge >= 0.3 is 0 Å². The lowest BCUT2D eigenvalue weighted by Gasteiger charge is -2.19. The first-order valence-electron chi connectivity index (χ1n) is 20.8. The van der Waals surface area contributed by atoms with Crippen LogP contribution in [0.2, 0.25) is 0 Å². The van der Waals surface area contributed by atoms with Crippen molar-refractivity contribution in [1.29, 1.82) is 0 Å². The van der Waals surface area contributed by atoms with Crippen molar-refractivity contribution in [2.45, 2.75) is 158 Å². The maximum absolute atomic E-state index is 14.3. The molecule has 0 spiro atoms. The summed E-state index contributed by atoms with van der Waals surface area (Å²) >= 11 is 5.11. The number of carbonyl (C=O) groups is 2. The number of fused-ring (bicyclic) bond motifs is 3. The molecule has 2 unspecified atom stereocenters. The number of thiophene rings is 3. The van der Waals surface area contributed by atoms with Gasteiger partial charge in [-0.1, -0.05) is 126 Å². The van der Waals surface area contributed by atoms with E-state index < -0.39 is 0 Å². The summed E-state index contributed by atoms with van der Waals surface area (Å²) < 4.78 is 16.1. The quantitative estimate of drug-likeness (QED) is 0.0589. The minimum atomic E-state index is -0.278. The fraction of sp³-hybridized carbons (Fsp3) is 0.644. The lowest BCUT2D eigenvalue weighted by atomic mass is 9.90. The Hall–Kier alpha value is -2.42. The van der Waals surface area contributed by atoms with Crippen LogP contribution < -0.4 is 9.47 Å². The van der Waals surface area contributed by atoms with Crippen molar-refractivity contribution in [1.82, 2.24) is 4.90 Å². The smallest absolute Gasteiger partial charge is 0.263 e. The van der Waals surface area contributed by atoms with Crippen molar-refractivity contribution in [3.63, 3.8) is 0 Å². The van der Waals surface area contributed by atoms with E-state index in [0.29, 0.717) is 42.7 Å². The van der Waals surface area contributed by atoms with Gasteiger partial charge in [0, 0.05) is 31.9 Å². The summed E-state index contributed by atoms with van der Waals surface area (Å²) in [6.07, 6.45) is 16.0. The molecule has 0 bridgehead atoms. The molecule has 0 saturated carbocycles. The Labute approximate surface area is 331 Å². The number of unbranched alkanes of at least 4 members (excludes halogenated alkanes) is 7. The van der Waals surface area contributed by atoms with Crippen molar-refractivity contribution in [2.24, 2.45) is 11.8 Å². The second-order valence-electron chi connectivity index (χ2n) is 16.4. The van der Waals surface area contributed by atoms with E-state index in [9.17, 15) is 9.59 Å². The molecule has 0 radical (unpaired) electrons. The Bertz CT molecular complexity index is 1760. The molecule has 1 aliphatic heterocycles. The van der Waals surface area contributed by atoms with Gasteiger partial charge in [0.05, 0.1) is 38.6 Å². The van der Waals surface area contributed by atoms with Crippen LogP contribution >= 0.6 is 34.0 Å². The summed E-state index contributed by atoms with van der Waals surface area (Å²) in [7, 11) is 0. The highest BCUT2D eigenvalue weighted by Crippen LogP contribution is 2.54. The van der Waals surface area contributed by atoms with Crippen molar-refractivity contribution < 1.29 is 19.1 Å². The van der Waals surface area contributed by atoms with Crippen LogP contribution in [0.25, 0.3) is 29.9 Å². The van der Waals surface area contributed by atoms with Gasteiger partial charge < -0.3 is 9.47 Å². The van der Waals surface area contributed by atoms with Gasteiger partial charge in [0.2, 0.25) is 0 Å². The Morgan fingerprint density at radius 2 is 1.19 bits per heavy atom. The van der Waals surface area contributed by atoms with E-state index in [-0.39, 0.29) is 17.2 Å². The molecule has 5 rings (SSSR count). The molecule has 0 saturated heterocycles. The average molecular weight is 780 g/mol. The molecule has 3 aromatic heterocycles. The van der Waals surface area contributed by atoms with Gasteiger partial charge in [0.15, 0.2) is 0 Å². The van der Waals surface area contributed by atoms with Gasteiger partial charge in [-0.05, 0) is 55.6 Å². The summed E-state index contributed by atoms with van der Waals surface area (Å²) in [4.78, 5) is 34.1. The van der Waals surface area contributed by atoms with E-state index in [0.717, 1.165) is 91.2 Å². The Morgan fingerprint density at radius 1 is 0.660 bits per heavy atom. The van der Waals surface area contributed by atoms with Crippen LogP contribution in [0.4, 0.5) is 0 Å². The molecule has 53 heavy (non-hydrogen) atoms. The molecule has 0 N–H and O–H groups in total. The average Bonchev–Trinajstić information content (AvgIpc) is 3.90. The number of ether oxygens (including phenoxy) is 2. The zero-order valence-electron chi connectivity index (χ0n) is 34.1. The van der Waals surface area contributed by atoms with Crippen LogP contribution in [0.5, 0.6) is 11.5 Å². The number of nitrogens with zero attached hydrogens (tertiary/aromatic N) is 1. The summed E-state index contributed by atoms with van der Waals surface area (Å²) in [6, 6.07) is 4.51. The van der Waals surface area contributed by atoms with Crippen molar-refractivity contribution in [3.8, 4) is 21.3 Å². The fourth-order valence-corrected chi connectivity index (χ4v) is 11.2. The number of amides is 2. The number of hydrogen-bond donors (Lipinski definition) is 0. The normalized spacial score (nSPS) is 14.5. The van der Waals surface area contributed by atoms with Crippen LogP contribution in [0.15, 0.2) is 12.1 Å². The first-order chi connectivity index (χ1) is 25.5. The van der Waals surface area contributed by atoms with Crippen LogP contribution in [-0.2, 0) is 5.41 Å². The zero-order valence-corrected chi connectivity index (χ0v) is 36.6. The molecule has 0 aliphatic carbocycles. The van der Waals surface area contributed by atoms with Gasteiger partial charge in [-0.15, -0.1) is 34.0 Å². The molecule has 4 heterocycles. The number of benzene rings is 1. The van der Waals surface area contributed by atoms with Crippen LogP contribution in [0, 0.1) is 18.8 Å². The summed E-state index contributed by atoms with van der Waals surface area (Å²) in [5.41, 5.74) is 0.944. The predicted octanol–water partition coefficient (Wildman–Crippen LogP) is 14.6. The molecular formula is C45H65NO4S3. The number of rotatable bonds is 22. The lowest BCUT2D eigenvalue weighted by Crippen LogP contribution is -2.31. The number of aryl methyl sites for hydroxylation is 1. The summed E-state index contributed by atoms with van der Waals surface area (Å²) in [5, 5.41) is 2.18. The topological polar surface area (TPSA) is 55.8 Å². The predicted molar refractivity (Wildman–Crippen MR) is 230 cm³/mol. The van der Waals surface area contributed by atoms with E-state index >= 15 is 0 Å². The van der Waals surface area contributed by atoms with Gasteiger partial charge in [0.25, 0.3) is 11.8 Å². The largest absolute Gasteiger partial charge is 0.491 e. The van der Waals surface area contributed by atoms with Gasteiger partial charge in [-0.25, -0.2) is 0 Å². The van der Waals surface area contributed by atoms with Crippen LogP contribution in [0.1, 0.15) is 176 Å². The molecule has 2 atom stereocenters. The zero-order chi connectivity index (χ0) is 38.3. The monoisotopic (exact) mass is 779 g/mol. The molecule has 8 heteroatoms. The minimum Gasteiger partial charge on any atom is -0.491 e. The van der Waals surface area contributed by atoms with E-state index in [4.69, 9.17) is 9.47 Å². The Balaban J connectivity index is 1.63. The Morgan fingerprint density at radius 3 is 1.75 bits per heavy atom. The van der Waals surface area contributed by atoms with Gasteiger partial charge in [-0.2, -0.15) is 0 Å². The third-order valence-electron chi connectivity index (χ3n) is 11.0. The van der Waals surface area contributed by atoms with Crippen molar-refractivity contribution in [3.05, 3.63) is 33.0 Å². The molecule has 4 aromatic rings. The highest BCUT2D eigenvalue weighted by atomic mass is 32.1. The molecule has 292 valence electrons. The molecule has 1 aliphatic rings. The minimum absolute atomic E-state index is 0.119. The van der Waals surface area contributed by atoms with Gasteiger partial charge in [0.1, 0.15) is 11.5 Å². The van der Waals surface area contributed by atoms with Crippen molar-refractivity contribution in [2.75, 3.05) is 19.8 Å². The lowest BCUT2D eigenvalue weighted by molar-refractivity contribution is 0.0650. The van der Waals surface area contributed by atoms with E-state index in [2.05, 4.69) is 74.4 Å². The molecule has 1 aromatic carbocycles. The van der Waals surface area contributed by atoms with Gasteiger partial charge in [-0.3, -0.25) is 14.5 Å². The number of hydrogen-bond acceptors (Lipinski definition) is 7. The van der Waals surface area contributed by atoms with Crippen molar-refractivity contribution >= 4 is 66.0 Å². The van der Waals surface area contributed by atoms with E-state index in [1.807, 2.05) is 0 Å². The maximum Gasteiger partial charge on any atom is 0.263 e. The first kappa shape index (κ1) is 41.7. The third kappa shape index (κ3) is 9.35. The third-order valence-corrected chi connectivity index (χ3v) is 14.9. The second-order valence-corrected chi connectivity index (χ2v) is 19.7. The SMILES string of the molecule is CCCCCCCCN1C(=O)c2c(-c3cc4c(OCC(CC)CCCC)c5sc(C)cc5c(OCC(CC)CCCC)c4s3)sc(C(C)(C)C)c2C1=O. The van der Waals surface area contributed by atoms with Crippen LogP contribution in [-0.4, -0.2) is 36.5 Å². The second kappa shape index (κ2) is 18.9. The molecule has 0 fully saturated rings. The maximum atomic E-state index is 14.3. The Kier molecular flexibility index (Phi) is 14.9. The molecule has 5 nitrogen and oxygen atoms in total. The molecule has 2 amide bonds. The first-order valence-corrected chi connectivity index (χ1v) is 23.2. The van der Waals surface area contributed by atoms with E-state index in [1.54, 1.807) is 34.0 Å². The van der Waals surface area contributed by atoms with E-state index in [1.165, 1.54) is 54.7 Å². The summed E-state index contributed by atoms with van der Waals surface area (Å²) in [5.74, 6) is 2.61. The molecular weight excluding hydrogens is 715 g/mol. The summed E-state index contributed by atoms with van der Waals surface area (Å²) in [6.45, 7) is 21.8. The van der Waals surface area contributed by atoms with Crippen LogP contribution in [0.3, 0.4) is 0 Å². The standard InChI is InChI=1S/C45H65NO4S3/c1-10-15-18-19-20-21-24-46-43(47)35-36(44(46)48)42(45(7,8)9)53-41(35)34-26-33-38(50-28-31(14-5)23-17-12-3)39-32(25-29(6)51-39)37(40(33)52-34)49-27-30(13-4)22-16-11-2/h25-26,30-31H,10-24,27-28H2,1-9H3. The highest BCUT2D eigenvalue weighted by molar-refractivity contribution is 7.27. The fourth-order valence-electron chi connectivity index (χ4n) is 7.58.